The van der Waals surface area contributed by atoms with E-state index in [2.05, 4.69) is 32.4 Å². The number of rotatable bonds is 10. The zero-order chi connectivity index (χ0) is 26.4. The molecule has 3 aromatic rings. The highest BCUT2D eigenvalue weighted by Crippen LogP contribution is 2.36. The number of carbonyl (C=O) groups excluding carboxylic acids is 1. The Bertz CT molecular complexity index is 1230. The quantitative estimate of drug-likeness (QED) is 0.379. The van der Waals surface area contributed by atoms with Crippen LogP contribution in [-0.2, 0) is 16.8 Å². The zero-order valence-corrected chi connectivity index (χ0v) is 22.4. The fourth-order valence-corrected chi connectivity index (χ4v) is 5.30. The third-order valence-corrected chi connectivity index (χ3v) is 7.27. The second kappa shape index (κ2) is 12.1. The van der Waals surface area contributed by atoms with Crippen LogP contribution in [0.2, 0.25) is 5.15 Å². The molecule has 4 heterocycles. The van der Waals surface area contributed by atoms with Gasteiger partial charge in [0.1, 0.15) is 30.2 Å². The van der Waals surface area contributed by atoms with E-state index >= 15 is 0 Å². The average molecular weight is 540 g/mol. The molecule has 0 saturated carbocycles. The third kappa shape index (κ3) is 5.62. The highest BCUT2D eigenvalue weighted by atomic mass is 35.5. The number of nitrogens with zero attached hydrogens (tertiary/aromatic N) is 5. The van der Waals surface area contributed by atoms with Crippen molar-refractivity contribution in [1.29, 1.82) is 0 Å². The van der Waals surface area contributed by atoms with Gasteiger partial charge < -0.3 is 20.1 Å². The summed E-state index contributed by atoms with van der Waals surface area (Å²) >= 11 is 6.52. The predicted octanol–water partition coefficient (Wildman–Crippen LogP) is 2.74. The lowest BCUT2D eigenvalue weighted by Gasteiger charge is -2.44. The Balaban J connectivity index is 1.44. The third-order valence-electron chi connectivity index (χ3n) is 7.07. The van der Waals surface area contributed by atoms with E-state index in [0.29, 0.717) is 49.4 Å². The van der Waals surface area contributed by atoms with Crippen LogP contribution in [0, 0.1) is 0 Å². The van der Waals surface area contributed by atoms with Crippen LogP contribution in [0.25, 0.3) is 5.95 Å². The first-order valence-corrected chi connectivity index (χ1v) is 13.6. The van der Waals surface area contributed by atoms with Crippen LogP contribution in [0.1, 0.15) is 37.4 Å². The van der Waals surface area contributed by atoms with Gasteiger partial charge in [0.2, 0.25) is 11.9 Å². The molecule has 202 valence electrons. The molecule has 0 spiro atoms. The normalized spacial score (nSPS) is 17.1. The molecule has 11 heteroatoms. The Kier molecular flexibility index (Phi) is 8.41. The summed E-state index contributed by atoms with van der Waals surface area (Å²) in [5.41, 5.74) is 0.698. The number of amides is 1. The fourth-order valence-electron chi connectivity index (χ4n) is 5.12. The Hall–Kier alpha value is -3.21. The first kappa shape index (κ1) is 26.4. The Morgan fingerprint density at radius 2 is 1.97 bits per heavy atom. The number of carbonyl (C=O) groups is 1. The van der Waals surface area contributed by atoms with E-state index in [1.165, 1.54) is 0 Å². The molecule has 2 N–H and O–H groups in total. The number of halogens is 1. The number of ether oxygens (including phenoxy) is 2. The molecule has 1 atom stereocenters. The number of benzene rings is 1. The molecule has 1 aromatic carbocycles. The van der Waals surface area contributed by atoms with Crippen LogP contribution in [0.5, 0.6) is 11.5 Å². The zero-order valence-electron chi connectivity index (χ0n) is 21.7. The number of imidazole rings is 1. The minimum absolute atomic E-state index is 0.0725. The highest BCUT2D eigenvalue weighted by Gasteiger charge is 2.47. The Morgan fingerprint density at radius 3 is 2.74 bits per heavy atom. The van der Waals surface area contributed by atoms with Gasteiger partial charge in [0.15, 0.2) is 11.5 Å². The van der Waals surface area contributed by atoms with Crippen molar-refractivity contribution in [2.75, 3.05) is 45.9 Å². The standard InChI is InChI=1S/C27H34ClN7O3/c1-2-3-7-27(35-13-10-29-11-14-35,23-18-24(28)33-26(32-23)34-12-9-30-19-34)25(36)31-8-6-20-4-5-21-22(17-20)38-16-15-37-21/h4-5,9,12,17-19,29H,2-3,6-8,10-11,13-16H2,1H3,(H,31,36). The lowest BCUT2D eigenvalue weighted by Crippen LogP contribution is -2.61. The van der Waals surface area contributed by atoms with Crippen molar-refractivity contribution in [3.8, 4) is 17.4 Å². The lowest BCUT2D eigenvalue weighted by molar-refractivity contribution is -0.136. The minimum Gasteiger partial charge on any atom is -0.486 e. The van der Waals surface area contributed by atoms with Crippen molar-refractivity contribution in [3.63, 3.8) is 0 Å². The van der Waals surface area contributed by atoms with E-state index in [1.807, 2.05) is 18.2 Å². The molecule has 0 aliphatic carbocycles. The van der Waals surface area contributed by atoms with Crippen molar-refractivity contribution in [3.05, 3.63) is 59.4 Å². The molecule has 1 unspecified atom stereocenters. The molecule has 1 amide bonds. The maximum Gasteiger partial charge on any atom is 0.246 e. The molecule has 0 bridgehead atoms. The van der Waals surface area contributed by atoms with Crippen LogP contribution in [-0.4, -0.2) is 76.3 Å². The first-order valence-electron chi connectivity index (χ1n) is 13.3. The second-order valence-corrected chi connectivity index (χ2v) is 9.92. The lowest BCUT2D eigenvalue weighted by atomic mass is 9.84. The van der Waals surface area contributed by atoms with Gasteiger partial charge in [-0.1, -0.05) is 37.4 Å². The molecule has 10 nitrogen and oxygen atoms in total. The van der Waals surface area contributed by atoms with E-state index < -0.39 is 5.54 Å². The average Bonchev–Trinajstić information content (AvgIpc) is 3.49. The second-order valence-electron chi connectivity index (χ2n) is 9.53. The SMILES string of the molecule is CCCCC(C(=O)NCCc1ccc2c(c1)OCCO2)(c1cc(Cl)nc(-n2ccnc2)n1)N1CCNCC1. The maximum atomic E-state index is 14.3. The molecule has 2 aromatic heterocycles. The van der Waals surface area contributed by atoms with Gasteiger partial charge in [0.25, 0.3) is 0 Å². The summed E-state index contributed by atoms with van der Waals surface area (Å²) in [6, 6.07) is 7.67. The van der Waals surface area contributed by atoms with Crippen molar-refractivity contribution < 1.29 is 14.3 Å². The van der Waals surface area contributed by atoms with E-state index in [0.717, 1.165) is 56.1 Å². The topological polar surface area (TPSA) is 106 Å². The summed E-state index contributed by atoms with van der Waals surface area (Å²) in [5, 5.41) is 6.93. The summed E-state index contributed by atoms with van der Waals surface area (Å²) in [4.78, 5) is 29.9. The van der Waals surface area contributed by atoms with Gasteiger partial charge in [-0.15, -0.1) is 0 Å². The number of unbranched alkanes of at least 4 members (excludes halogenated alkanes) is 1. The van der Waals surface area contributed by atoms with Crippen molar-refractivity contribution in [2.45, 2.75) is 38.1 Å². The van der Waals surface area contributed by atoms with Crippen LogP contribution in [0.4, 0.5) is 0 Å². The van der Waals surface area contributed by atoms with Gasteiger partial charge in [-0.05, 0) is 36.6 Å². The predicted molar refractivity (Wildman–Crippen MR) is 144 cm³/mol. The Morgan fingerprint density at radius 1 is 1.16 bits per heavy atom. The van der Waals surface area contributed by atoms with Crippen LogP contribution in [0.15, 0.2) is 43.0 Å². The summed E-state index contributed by atoms with van der Waals surface area (Å²) < 4.78 is 13.1. The Labute approximate surface area is 227 Å². The van der Waals surface area contributed by atoms with Gasteiger partial charge in [-0.3, -0.25) is 14.3 Å². The number of piperazine rings is 1. The van der Waals surface area contributed by atoms with Crippen LogP contribution < -0.4 is 20.1 Å². The van der Waals surface area contributed by atoms with Gasteiger partial charge in [-0.25, -0.2) is 15.0 Å². The van der Waals surface area contributed by atoms with E-state index in [-0.39, 0.29) is 5.91 Å². The van der Waals surface area contributed by atoms with E-state index in [9.17, 15) is 4.79 Å². The maximum absolute atomic E-state index is 14.3. The monoisotopic (exact) mass is 539 g/mol. The molecule has 5 rings (SSSR count). The fraction of sp³-hybridized carbons (Fsp3) is 0.481. The summed E-state index contributed by atoms with van der Waals surface area (Å²) in [5.74, 6) is 1.83. The number of hydrogen-bond donors (Lipinski definition) is 2. The van der Waals surface area contributed by atoms with Gasteiger partial charge in [-0.2, -0.15) is 0 Å². The van der Waals surface area contributed by atoms with Crippen molar-refractivity contribution >= 4 is 17.5 Å². The molecule has 1 fully saturated rings. The van der Waals surface area contributed by atoms with Crippen molar-refractivity contribution in [2.24, 2.45) is 0 Å². The molecular weight excluding hydrogens is 506 g/mol. The number of aromatic nitrogens is 4. The van der Waals surface area contributed by atoms with E-state index in [1.54, 1.807) is 29.4 Å². The number of nitrogens with one attached hydrogen (secondary N) is 2. The smallest absolute Gasteiger partial charge is 0.246 e. The molecule has 1 saturated heterocycles. The molecule has 2 aliphatic heterocycles. The van der Waals surface area contributed by atoms with Gasteiger partial charge >= 0.3 is 0 Å². The summed E-state index contributed by atoms with van der Waals surface area (Å²) in [7, 11) is 0. The van der Waals surface area contributed by atoms with Crippen LogP contribution in [0.3, 0.4) is 0 Å². The summed E-state index contributed by atoms with van der Waals surface area (Å²) in [6.45, 7) is 6.75. The number of fused-ring (bicyclic) bond motifs is 1. The number of hydrogen-bond acceptors (Lipinski definition) is 8. The van der Waals surface area contributed by atoms with Crippen molar-refractivity contribution in [1.82, 2.24) is 35.1 Å². The molecular formula is C27H34ClN7O3. The minimum atomic E-state index is -0.979. The van der Waals surface area contributed by atoms with Crippen LogP contribution >= 0.6 is 11.6 Å². The van der Waals surface area contributed by atoms with Gasteiger partial charge in [0.05, 0.1) is 5.69 Å². The summed E-state index contributed by atoms with van der Waals surface area (Å²) in [6.07, 6.45) is 8.15. The highest BCUT2D eigenvalue weighted by molar-refractivity contribution is 6.29. The van der Waals surface area contributed by atoms with E-state index in [4.69, 9.17) is 26.1 Å². The molecule has 0 radical (unpaired) electrons. The van der Waals surface area contributed by atoms with Gasteiger partial charge in [0, 0.05) is 45.1 Å². The largest absolute Gasteiger partial charge is 0.486 e. The first-order chi connectivity index (χ1) is 18.6. The molecule has 38 heavy (non-hydrogen) atoms. The molecule has 2 aliphatic rings.